The van der Waals surface area contributed by atoms with Crippen molar-refractivity contribution >= 4 is 5.91 Å². The lowest BCUT2D eigenvalue weighted by Crippen LogP contribution is -2.39. The van der Waals surface area contributed by atoms with Crippen molar-refractivity contribution in [1.82, 2.24) is 10.6 Å². The molecule has 0 heterocycles. The molecule has 0 aliphatic rings. The van der Waals surface area contributed by atoms with Gasteiger partial charge in [0.25, 0.3) is 0 Å². The van der Waals surface area contributed by atoms with Crippen molar-refractivity contribution in [2.24, 2.45) is 0 Å². The fourth-order valence-electron chi connectivity index (χ4n) is 1.58. The van der Waals surface area contributed by atoms with Crippen LogP contribution in [-0.4, -0.2) is 31.7 Å². The van der Waals surface area contributed by atoms with Gasteiger partial charge in [-0.1, -0.05) is 13.0 Å². The number of hydrogen-bond acceptors (Lipinski definition) is 2. The fourth-order valence-corrected chi connectivity index (χ4v) is 1.58. The summed E-state index contributed by atoms with van der Waals surface area (Å²) in [6, 6.07) is 3.39. The molecule has 1 atom stereocenters. The first kappa shape index (κ1) is 17.4. The van der Waals surface area contributed by atoms with Crippen LogP contribution >= 0.6 is 0 Å². The highest BCUT2D eigenvalue weighted by molar-refractivity contribution is 5.78. The van der Waals surface area contributed by atoms with Crippen LogP contribution in [-0.2, 0) is 4.79 Å². The molecule has 21 heavy (non-hydrogen) atoms. The van der Waals surface area contributed by atoms with E-state index in [0.717, 1.165) is 12.1 Å². The number of carbonyl (C=O) groups is 1. The molecule has 0 aliphatic carbocycles. The minimum Gasteiger partial charge on any atom is -0.354 e. The van der Waals surface area contributed by atoms with E-state index in [1.807, 2.05) is 5.32 Å². The van der Waals surface area contributed by atoms with E-state index in [9.17, 15) is 26.7 Å². The van der Waals surface area contributed by atoms with Crippen LogP contribution in [0.5, 0.6) is 0 Å². The summed E-state index contributed by atoms with van der Waals surface area (Å²) in [5, 5.41) is 4.37. The lowest BCUT2D eigenvalue weighted by Gasteiger charge is -2.14. The van der Waals surface area contributed by atoms with Gasteiger partial charge in [0.1, 0.15) is 0 Å². The van der Waals surface area contributed by atoms with E-state index >= 15 is 0 Å². The molecule has 0 saturated heterocycles. The summed E-state index contributed by atoms with van der Waals surface area (Å²) in [4.78, 5) is 11.3. The topological polar surface area (TPSA) is 41.1 Å². The highest BCUT2D eigenvalue weighted by Gasteiger charge is 2.26. The second-order valence-electron chi connectivity index (χ2n) is 4.60. The average molecular weight is 310 g/mol. The number of nitrogens with one attached hydrogen (secondary N) is 2. The molecule has 0 saturated carbocycles. The molecule has 0 spiro atoms. The summed E-state index contributed by atoms with van der Waals surface area (Å²) in [7, 11) is 0. The second kappa shape index (κ2) is 7.35. The van der Waals surface area contributed by atoms with Gasteiger partial charge >= 0.3 is 6.18 Å². The van der Waals surface area contributed by atoms with Gasteiger partial charge in [-0.3, -0.25) is 4.79 Å². The van der Waals surface area contributed by atoms with Crippen LogP contribution < -0.4 is 10.6 Å². The minimum absolute atomic E-state index is 0.109. The maximum atomic E-state index is 13.0. The number of carbonyl (C=O) groups excluding carboxylic acids is 1. The molecule has 118 valence electrons. The molecule has 0 unspecified atom stereocenters. The molecule has 8 heteroatoms. The standard InChI is InChI=1S/C13H15F5N2O/c1-8(9-2-3-10(14)11(15)4-9)5-20-12(21)6-19-7-13(16,17)18/h2-4,8,19H,5-7H2,1H3,(H,20,21)/t8-/m1/s1. The van der Waals surface area contributed by atoms with Gasteiger partial charge in [-0.25, -0.2) is 8.78 Å². The lowest BCUT2D eigenvalue weighted by atomic mass is 10.0. The maximum absolute atomic E-state index is 13.0. The molecular formula is C13H15F5N2O. The van der Waals surface area contributed by atoms with Crippen LogP contribution in [0.4, 0.5) is 22.0 Å². The van der Waals surface area contributed by atoms with Gasteiger partial charge < -0.3 is 10.6 Å². The zero-order valence-electron chi connectivity index (χ0n) is 11.2. The zero-order chi connectivity index (χ0) is 16.0. The smallest absolute Gasteiger partial charge is 0.354 e. The molecule has 0 aromatic heterocycles. The van der Waals surface area contributed by atoms with Crippen LogP contribution in [0, 0.1) is 11.6 Å². The number of rotatable bonds is 6. The Bertz CT molecular complexity index is 490. The Labute approximate surface area is 118 Å². The first-order valence-electron chi connectivity index (χ1n) is 6.18. The summed E-state index contributed by atoms with van der Waals surface area (Å²) in [6.07, 6.45) is -4.38. The Kier molecular flexibility index (Phi) is 6.07. The predicted octanol–water partition coefficient (Wildman–Crippen LogP) is 2.34. The van der Waals surface area contributed by atoms with Gasteiger partial charge in [-0.05, 0) is 23.6 Å². The summed E-state index contributed by atoms with van der Waals surface area (Å²) >= 11 is 0. The van der Waals surface area contributed by atoms with Gasteiger partial charge in [0.2, 0.25) is 5.91 Å². The van der Waals surface area contributed by atoms with Crippen molar-refractivity contribution in [3.05, 3.63) is 35.4 Å². The van der Waals surface area contributed by atoms with E-state index in [4.69, 9.17) is 0 Å². The molecule has 0 bridgehead atoms. The van der Waals surface area contributed by atoms with Crippen LogP contribution in [0.2, 0.25) is 0 Å². The van der Waals surface area contributed by atoms with Crippen molar-refractivity contribution in [2.75, 3.05) is 19.6 Å². The minimum atomic E-state index is -4.38. The maximum Gasteiger partial charge on any atom is 0.401 e. The molecule has 0 radical (unpaired) electrons. The lowest BCUT2D eigenvalue weighted by molar-refractivity contribution is -0.128. The number of hydrogen-bond donors (Lipinski definition) is 2. The SMILES string of the molecule is C[C@H](CNC(=O)CNCC(F)(F)F)c1ccc(F)c(F)c1. The Morgan fingerprint density at radius 1 is 1.24 bits per heavy atom. The first-order chi connectivity index (χ1) is 9.69. The number of halogens is 5. The van der Waals surface area contributed by atoms with Gasteiger partial charge in [0.05, 0.1) is 13.1 Å². The Balaban J connectivity index is 2.36. The highest BCUT2D eigenvalue weighted by Crippen LogP contribution is 2.17. The molecule has 3 nitrogen and oxygen atoms in total. The largest absolute Gasteiger partial charge is 0.401 e. The monoisotopic (exact) mass is 310 g/mol. The molecule has 0 fully saturated rings. The third-order valence-corrected chi connectivity index (χ3v) is 2.73. The Morgan fingerprint density at radius 2 is 1.90 bits per heavy atom. The van der Waals surface area contributed by atoms with Gasteiger partial charge in [-0.15, -0.1) is 0 Å². The van der Waals surface area contributed by atoms with Gasteiger partial charge in [-0.2, -0.15) is 13.2 Å². The Morgan fingerprint density at radius 3 is 2.48 bits per heavy atom. The third-order valence-electron chi connectivity index (χ3n) is 2.73. The van der Waals surface area contributed by atoms with Crippen LogP contribution in [0.1, 0.15) is 18.4 Å². The third kappa shape index (κ3) is 6.52. The quantitative estimate of drug-likeness (QED) is 0.792. The summed E-state index contributed by atoms with van der Waals surface area (Å²) in [5.74, 6) is -2.86. The normalized spacial score (nSPS) is 13.0. The van der Waals surface area contributed by atoms with E-state index in [2.05, 4.69) is 5.32 Å². The number of alkyl halides is 3. The molecule has 1 rings (SSSR count). The van der Waals surface area contributed by atoms with Crippen molar-refractivity contribution in [3.8, 4) is 0 Å². The van der Waals surface area contributed by atoms with Crippen LogP contribution in [0.25, 0.3) is 0 Å². The molecule has 2 N–H and O–H groups in total. The van der Waals surface area contributed by atoms with Crippen molar-refractivity contribution in [2.45, 2.75) is 19.0 Å². The first-order valence-corrected chi connectivity index (χ1v) is 6.18. The Hall–Kier alpha value is -1.70. The highest BCUT2D eigenvalue weighted by atomic mass is 19.4. The van der Waals surface area contributed by atoms with E-state index in [1.165, 1.54) is 6.07 Å². The average Bonchev–Trinajstić information content (AvgIpc) is 2.37. The summed E-state index contributed by atoms with van der Waals surface area (Å²) < 4.78 is 61.4. The zero-order valence-corrected chi connectivity index (χ0v) is 11.2. The molecule has 0 aliphatic heterocycles. The predicted molar refractivity (Wildman–Crippen MR) is 66.7 cm³/mol. The summed E-state index contributed by atoms with van der Waals surface area (Å²) in [5.41, 5.74) is 0.484. The van der Waals surface area contributed by atoms with Crippen LogP contribution in [0.3, 0.4) is 0 Å². The molecular weight excluding hydrogens is 295 g/mol. The molecule has 1 aromatic rings. The molecule has 1 amide bonds. The van der Waals surface area contributed by atoms with E-state index in [-0.39, 0.29) is 12.5 Å². The number of amides is 1. The number of benzene rings is 1. The van der Waals surface area contributed by atoms with Crippen molar-refractivity contribution < 1.29 is 26.7 Å². The van der Waals surface area contributed by atoms with E-state index < -0.39 is 36.8 Å². The van der Waals surface area contributed by atoms with Crippen molar-refractivity contribution in [1.29, 1.82) is 0 Å². The fraction of sp³-hybridized carbons (Fsp3) is 0.462. The van der Waals surface area contributed by atoms with Gasteiger partial charge in [0.15, 0.2) is 11.6 Å². The van der Waals surface area contributed by atoms with E-state index in [0.29, 0.717) is 5.56 Å². The van der Waals surface area contributed by atoms with Gasteiger partial charge in [0, 0.05) is 6.54 Å². The molecule has 1 aromatic carbocycles. The van der Waals surface area contributed by atoms with Crippen LogP contribution in [0.15, 0.2) is 18.2 Å². The van der Waals surface area contributed by atoms with Crippen molar-refractivity contribution in [3.63, 3.8) is 0 Å². The summed E-state index contributed by atoms with van der Waals surface area (Å²) in [6.45, 7) is 0.0663. The van der Waals surface area contributed by atoms with E-state index in [1.54, 1.807) is 6.92 Å². The second-order valence-corrected chi connectivity index (χ2v) is 4.60.